The number of carbonyl (C=O) groups excluding carboxylic acids is 2. The van der Waals surface area contributed by atoms with Crippen LogP contribution in [0.4, 0.5) is 0 Å². The number of esters is 2. The zero-order valence-corrected chi connectivity index (χ0v) is 15.5. The average molecular weight is 368 g/mol. The van der Waals surface area contributed by atoms with Crippen molar-refractivity contribution in [1.82, 2.24) is 0 Å². The Balaban J connectivity index is 2.34. The lowest BCUT2D eigenvalue weighted by Gasteiger charge is -2.34. The third-order valence-electron chi connectivity index (χ3n) is 4.17. The molecule has 0 fully saturated rings. The molecule has 25 heavy (non-hydrogen) atoms. The summed E-state index contributed by atoms with van der Waals surface area (Å²) in [5.74, 6) is -2.49. The number of hydrogen-bond donors (Lipinski definition) is 0. The maximum absolute atomic E-state index is 12.0. The third kappa shape index (κ3) is 4.72. The molecule has 0 spiro atoms. The fourth-order valence-electron chi connectivity index (χ4n) is 2.83. The van der Waals surface area contributed by atoms with Gasteiger partial charge in [0.05, 0.1) is 19.9 Å². The van der Waals surface area contributed by atoms with Crippen LogP contribution in [0.15, 0.2) is 29.4 Å². The SMILES string of the molecule is COC(=O)C(CC1=NOC(C)(C)CC1c1ccc(Cl)cc1)C(=O)OC. The number of oxime groups is 1. The first kappa shape index (κ1) is 19.2. The number of benzene rings is 1. The summed E-state index contributed by atoms with van der Waals surface area (Å²) in [6.07, 6.45) is 0.727. The smallest absolute Gasteiger partial charge is 0.320 e. The Morgan fingerprint density at radius 2 is 1.80 bits per heavy atom. The van der Waals surface area contributed by atoms with Crippen molar-refractivity contribution in [3.8, 4) is 0 Å². The summed E-state index contributed by atoms with van der Waals surface area (Å²) < 4.78 is 9.44. The van der Waals surface area contributed by atoms with E-state index in [4.69, 9.17) is 25.9 Å². The molecule has 0 N–H and O–H groups in total. The van der Waals surface area contributed by atoms with Gasteiger partial charge < -0.3 is 14.3 Å². The topological polar surface area (TPSA) is 74.2 Å². The van der Waals surface area contributed by atoms with E-state index in [1.165, 1.54) is 14.2 Å². The van der Waals surface area contributed by atoms with Crippen LogP contribution in [0.1, 0.15) is 38.2 Å². The van der Waals surface area contributed by atoms with Crippen molar-refractivity contribution in [2.45, 2.75) is 38.2 Å². The van der Waals surface area contributed by atoms with Crippen LogP contribution in [0.2, 0.25) is 5.02 Å². The van der Waals surface area contributed by atoms with Crippen LogP contribution in [0.5, 0.6) is 0 Å². The number of carbonyl (C=O) groups is 2. The van der Waals surface area contributed by atoms with Crippen molar-refractivity contribution in [3.05, 3.63) is 34.9 Å². The molecule has 1 aliphatic rings. The molecule has 1 aliphatic heterocycles. The van der Waals surface area contributed by atoms with Crippen LogP contribution in [0.3, 0.4) is 0 Å². The van der Waals surface area contributed by atoms with E-state index in [-0.39, 0.29) is 12.3 Å². The zero-order valence-electron chi connectivity index (χ0n) is 14.7. The number of hydrogen-bond acceptors (Lipinski definition) is 6. The molecule has 0 bridgehead atoms. The minimum atomic E-state index is -1.08. The Morgan fingerprint density at radius 3 is 2.32 bits per heavy atom. The minimum Gasteiger partial charge on any atom is -0.468 e. The quantitative estimate of drug-likeness (QED) is 0.589. The summed E-state index contributed by atoms with van der Waals surface area (Å²) in [5, 5.41) is 4.84. The van der Waals surface area contributed by atoms with E-state index in [1.807, 2.05) is 26.0 Å². The molecule has 0 radical (unpaired) electrons. The van der Waals surface area contributed by atoms with Gasteiger partial charge >= 0.3 is 11.9 Å². The fraction of sp³-hybridized carbons (Fsp3) is 0.500. The van der Waals surface area contributed by atoms with E-state index >= 15 is 0 Å². The predicted molar refractivity (Wildman–Crippen MR) is 93.5 cm³/mol. The van der Waals surface area contributed by atoms with Gasteiger partial charge in [-0.15, -0.1) is 0 Å². The van der Waals surface area contributed by atoms with Crippen molar-refractivity contribution in [2.75, 3.05) is 14.2 Å². The number of nitrogens with zero attached hydrogens (tertiary/aromatic N) is 1. The van der Waals surface area contributed by atoms with Gasteiger partial charge in [-0.05, 0) is 31.5 Å². The van der Waals surface area contributed by atoms with Gasteiger partial charge in [0, 0.05) is 23.8 Å². The summed E-state index contributed by atoms with van der Waals surface area (Å²) in [6.45, 7) is 3.88. The second-order valence-corrected chi connectivity index (χ2v) is 6.98. The van der Waals surface area contributed by atoms with E-state index < -0.39 is 23.5 Å². The van der Waals surface area contributed by atoms with Crippen LogP contribution in [-0.4, -0.2) is 37.5 Å². The average Bonchev–Trinajstić information content (AvgIpc) is 2.59. The van der Waals surface area contributed by atoms with Crippen molar-refractivity contribution >= 4 is 29.3 Å². The van der Waals surface area contributed by atoms with Crippen molar-refractivity contribution < 1.29 is 23.9 Å². The molecule has 2 rings (SSSR count). The Bertz CT molecular complexity index is 653. The maximum atomic E-state index is 12.0. The molecule has 7 heteroatoms. The van der Waals surface area contributed by atoms with Crippen LogP contribution in [0, 0.1) is 5.92 Å². The van der Waals surface area contributed by atoms with Crippen molar-refractivity contribution in [3.63, 3.8) is 0 Å². The maximum Gasteiger partial charge on any atom is 0.320 e. The second kappa shape index (κ2) is 7.87. The van der Waals surface area contributed by atoms with Gasteiger partial charge in [0.25, 0.3) is 0 Å². The van der Waals surface area contributed by atoms with Crippen LogP contribution >= 0.6 is 11.6 Å². The first-order valence-corrected chi connectivity index (χ1v) is 8.31. The number of ether oxygens (including phenoxy) is 2. The van der Waals surface area contributed by atoms with E-state index in [0.717, 1.165) is 5.56 Å². The van der Waals surface area contributed by atoms with Crippen molar-refractivity contribution in [2.24, 2.45) is 11.1 Å². The number of halogens is 1. The zero-order chi connectivity index (χ0) is 18.6. The van der Waals surface area contributed by atoms with Crippen LogP contribution < -0.4 is 0 Å². The van der Waals surface area contributed by atoms with E-state index in [2.05, 4.69) is 5.16 Å². The molecule has 6 nitrogen and oxygen atoms in total. The summed E-state index contributed by atoms with van der Waals surface area (Å²) in [6, 6.07) is 7.43. The Labute approximate surface area is 152 Å². The summed E-state index contributed by atoms with van der Waals surface area (Å²) in [7, 11) is 2.47. The Hall–Kier alpha value is -2.08. The van der Waals surface area contributed by atoms with Crippen LogP contribution in [-0.2, 0) is 23.9 Å². The molecule has 1 aromatic carbocycles. The first-order valence-electron chi connectivity index (χ1n) is 7.93. The summed E-state index contributed by atoms with van der Waals surface area (Å²) >= 11 is 5.97. The lowest BCUT2D eigenvalue weighted by Crippen LogP contribution is -2.37. The molecule has 1 unspecified atom stereocenters. The molecule has 0 saturated carbocycles. The van der Waals surface area contributed by atoms with Gasteiger partial charge in [0.15, 0.2) is 5.92 Å². The molecular weight excluding hydrogens is 346 g/mol. The van der Waals surface area contributed by atoms with Gasteiger partial charge in [-0.25, -0.2) is 0 Å². The second-order valence-electron chi connectivity index (χ2n) is 6.54. The predicted octanol–water partition coefficient (Wildman–Crippen LogP) is 3.33. The highest BCUT2D eigenvalue weighted by Crippen LogP contribution is 2.36. The Morgan fingerprint density at radius 1 is 1.24 bits per heavy atom. The van der Waals surface area contributed by atoms with Gasteiger partial charge in [-0.1, -0.05) is 28.9 Å². The molecule has 0 aliphatic carbocycles. The third-order valence-corrected chi connectivity index (χ3v) is 4.42. The number of rotatable bonds is 5. The Kier molecular flexibility index (Phi) is 6.06. The van der Waals surface area contributed by atoms with Gasteiger partial charge in [-0.2, -0.15) is 0 Å². The molecule has 0 aromatic heterocycles. The molecule has 0 saturated heterocycles. The van der Waals surface area contributed by atoms with E-state index in [9.17, 15) is 9.59 Å². The highest BCUT2D eigenvalue weighted by molar-refractivity contribution is 6.30. The lowest BCUT2D eigenvalue weighted by atomic mass is 9.80. The molecule has 1 heterocycles. The first-order chi connectivity index (χ1) is 11.8. The van der Waals surface area contributed by atoms with Crippen molar-refractivity contribution in [1.29, 1.82) is 0 Å². The molecular formula is C18H22ClNO5. The van der Waals surface area contributed by atoms with Gasteiger partial charge in [-0.3, -0.25) is 9.59 Å². The van der Waals surface area contributed by atoms with Crippen LogP contribution in [0.25, 0.3) is 0 Å². The van der Waals surface area contributed by atoms with E-state index in [0.29, 0.717) is 17.2 Å². The largest absolute Gasteiger partial charge is 0.468 e. The summed E-state index contributed by atoms with van der Waals surface area (Å²) in [5.41, 5.74) is 1.13. The molecule has 1 aromatic rings. The van der Waals surface area contributed by atoms with Gasteiger partial charge in [0.2, 0.25) is 0 Å². The highest BCUT2D eigenvalue weighted by Gasteiger charge is 2.38. The van der Waals surface area contributed by atoms with Gasteiger partial charge in [0.1, 0.15) is 5.60 Å². The standard InChI is InChI=1S/C18H22ClNO5/c1-18(2)10-14(11-5-7-12(19)8-6-11)15(20-25-18)9-13(16(21)23-3)17(22)24-4/h5-8,13-14H,9-10H2,1-4H3. The lowest BCUT2D eigenvalue weighted by molar-refractivity contribution is -0.158. The van der Waals surface area contributed by atoms with E-state index in [1.54, 1.807) is 12.1 Å². The number of methoxy groups -OCH3 is 2. The monoisotopic (exact) mass is 367 g/mol. The molecule has 1 atom stereocenters. The molecule has 0 amide bonds. The minimum absolute atomic E-state index is 0.0721. The highest BCUT2D eigenvalue weighted by atomic mass is 35.5. The molecule has 136 valence electrons. The normalized spacial score (nSPS) is 19.0. The fourth-order valence-corrected chi connectivity index (χ4v) is 2.96. The summed E-state index contributed by atoms with van der Waals surface area (Å²) in [4.78, 5) is 29.5.